The lowest BCUT2D eigenvalue weighted by atomic mass is 9.73. The summed E-state index contributed by atoms with van der Waals surface area (Å²) in [6, 6.07) is 68.4. The summed E-state index contributed by atoms with van der Waals surface area (Å²) in [4.78, 5) is 16.4. The predicted octanol–water partition coefficient (Wildman–Crippen LogP) is 14.8. The van der Waals surface area contributed by atoms with Crippen molar-refractivity contribution in [2.24, 2.45) is 0 Å². The first kappa shape index (κ1) is 34.0. The number of hydrogen-bond acceptors (Lipinski definition) is 4. The molecule has 1 aliphatic heterocycles. The molecule has 62 heavy (non-hydrogen) atoms. The van der Waals surface area contributed by atoms with Gasteiger partial charge in [-0.1, -0.05) is 152 Å². The molecule has 12 aromatic rings. The molecule has 288 valence electrons. The van der Waals surface area contributed by atoms with E-state index in [1.165, 1.54) is 86.5 Å². The first-order chi connectivity index (χ1) is 30.6. The largest absolute Gasteiger partial charge is 0.308 e. The van der Waals surface area contributed by atoms with E-state index in [2.05, 4.69) is 193 Å². The first-order valence-electron chi connectivity index (χ1n) is 21.2. The van der Waals surface area contributed by atoms with Gasteiger partial charge in [-0.2, -0.15) is 0 Å². The summed E-state index contributed by atoms with van der Waals surface area (Å²) in [5, 5.41) is 7.17. The van der Waals surface area contributed by atoms with Crippen LogP contribution in [0.4, 0.5) is 0 Å². The van der Waals surface area contributed by atoms with Gasteiger partial charge in [-0.3, -0.25) is 0 Å². The smallest absolute Gasteiger partial charge is 0.164 e. The number of rotatable bonds is 4. The third kappa shape index (κ3) is 4.47. The summed E-state index contributed by atoms with van der Waals surface area (Å²) in [6.07, 6.45) is 0. The van der Waals surface area contributed by atoms with Gasteiger partial charge in [0.2, 0.25) is 0 Å². The van der Waals surface area contributed by atoms with Gasteiger partial charge in [0.05, 0.1) is 16.7 Å². The molecule has 0 N–H and O–H groups in total. The van der Waals surface area contributed by atoms with Crippen LogP contribution in [0.2, 0.25) is 0 Å². The molecular weight excluding hydrogens is 773 g/mol. The van der Waals surface area contributed by atoms with Crippen molar-refractivity contribution >= 4 is 64.1 Å². The van der Waals surface area contributed by atoms with E-state index in [0.29, 0.717) is 17.5 Å². The second-order valence-corrected chi connectivity index (χ2v) is 17.9. The van der Waals surface area contributed by atoms with Crippen molar-refractivity contribution in [3.05, 3.63) is 205 Å². The lowest BCUT2D eigenvalue weighted by molar-refractivity contribution is 0.715. The van der Waals surface area contributed by atoms with Gasteiger partial charge in [0.15, 0.2) is 17.5 Å². The summed E-state index contributed by atoms with van der Waals surface area (Å²) in [5.41, 5.74) is 14.9. The van der Waals surface area contributed by atoms with E-state index in [4.69, 9.17) is 15.0 Å². The molecule has 0 bridgehead atoms. The summed E-state index contributed by atoms with van der Waals surface area (Å²) >= 11 is 1.81. The van der Waals surface area contributed by atoms with Gasteiger partial charge in [-0.15, -0.1) is 11.3 Å². The summed E-state index contributed by atoms with van der Waals surface area (Å²) in [5.74, 6) is 1.97. The van der Waals surface area contributed by atoms with Gasteiger partial charge in [0.1, 0.15) is 0 Å². The average Bonchev–Trinajstić information content (AvgIpc) is 3.94. The van der Waals surface area contributed by atoms with Crippen LogP contribution in [-0.2, 0) is 5.41 Å². The normalized spacial score (nSPS) is 14.9. The zero-order valence-corrected chi connectivity index (χ0v) is 34.4. The summed E-state index contributed by atoms with van der Waals surface area (Å²) < 4.78 is 4.99. The van der Waals surface area contributed by atoms with Crippen molar-refractivity contribution < 1.29 is 0 Å². The number of fused-ring (bicyclic) bond motifs is 10. The van der Waals surface area contributed by atoms with Crippen LogP contribution in [-0.4, -0.2) is 19.5 Å². The Balaban J connectivity index is 1.16. The van der Waals surface area contributed by atoms with Crippen LogP contribution < -0.4 is 0 Å². The minimum absolute atomic E-state index is 0.499. The highest BCUT2D eigenvalue weighted by Gasteiger charge is 2.46. The first-order valence-corrected chi connectivity index (χ1v) is 22.0. The lowest BCUT2D eigenvalue weighted by Crippen LogP contribution is -2.22. The van der Waals surface area contributed by atoms with Crippen LogP contribution in [0.1, 0.15) is 23.6 Å². The maximum atomic E-state index is 5.59. The zero-order valence-electron chi connectivity index (χ0n) is 33.6. The Morgan fingerprint density at radius 3 is 2.03 bits per heavy atom. The quantitative estimate of drug-likeness (QED) is 0.178. The van der Waals surface area contributed by atoms with Gasteiger partial charge < -0.3 is 4.57 Å². The van der Waals surface area contributed by atoms with E-state index in [-0.39, 0.29) is 0 Å². The van der Waals surface area contributed by atoms with Gasteiger partial charge in [0, 0.05) is 64.2 Å². The molecule has 5 heteroatoms. The van der Waals surface area contributed by atoms with Gasteiger partial charge in [-0.05, 0) is 81.9 Å². The Bertz CT molecular complexity index is 3900. The third-order valence-corrected chi connectivity index (χ3v) is 14.8. The number of nitrogens with zero attached hydrogens (tertiary/aromatic N) is 4. The molecule has 0 fully saturated rings. The summed E-state index contributed by atoms with van der Waals surface area (Å²) in [7, 11) is 0. The molecule has 1 unspecified atom stereocenters. The van der Waals surface area contributed by atoms with E-state index < -0.39 is 5.41 Å². The fourth-order valence-electron chi connectivity index (χ4n) is 10.8. The minimum atomic E-state index is -0.499. The van der Waals surface area contributed by atoms with Crippen LogP contribution in [0.25, 0.3) is 115 Å². The van der Waals surface area contributed by atoms with E-state index >= 15 is 0 Å². The van der Waals surface area contributed by atoms with E-state index in [9.17, 15) is 0 Å². The molecule has 0 spiro atoms. The van der Waals surface area contributed by atoms with Gasteiger partial charge >= 0.3 is 0 Å². The molecule has 0 amide bonds. The molecule has 3 aromatic heterocycles. The van der Waals surface area contributed by atoms with Crippen LogP contribution in [0.3, 0.4) is 0 Å². The Labute approximate surface area is 361 Å². The predicted molar refractivity (Wildman–Crippen MR) is 257 cm³/mol. The van der Waals surface area contributed by atoms with Crippen molar-refractivity contribution in [3.8, 4) is 62.1 Å². The highest BCUT2D eigenvalue weighted by molar-refractivity contribution is 7.25. The molecule has 0 saturated carbocycles. The van der Waals surface area contributed by atoms with Crippen LogP contribution in [0.15, 0.2) is 188 Å². The minimum Gasteiger partial charge on any atom is -0.308 e. The highest BCUT2D eigenvalue weighted by atomic mass is 32.1. The number of benzene rings is 9. The standard InChI is InChI=1S/C57H34N4S/c1-57(36-30-29-33-15-5-6-18-35(33)31-36)43-24-13-22-38-37-19-7-10-25-45(37)61-46-26-11-8-20-39(46)50-42(32-44(57)52(51(38)43)53(50)61)56-59-54(34-16-3-2-4-17-34)58-55(60-56)41-23-14-28-48-49(41)40-21-9-12-27-47(40)62-48/h2-32H,1H3. The van der Waals surface area contributed by atoms with Crippen LogP contribution in [0.5, 0.6) is 0 Å². The third-order valence-electron chi connectivity index (χ3n) is 13.6. The molecule has 4 nitrogen and oxygen atoms in total. The number of thiophene rings is 1. The molecule has 1 aliphatic carbocycles. The van der Waals surface area contributed by atoms with E-state index in [0.717, 1.165) is 27.6 Å². The SMILES string of the molecule is CC1(c2ccc3ccccc3c2)c2cccc3c2-c2c1cc(-c1nc(-c4ccccc4)nc(-c4cccc5sc6ccccc6c45)n1)c1c4ccccc4n(c21)-c1ccccc1-3. The molecule has 1 atom stereocenters. The molecule has 9 aromatic carbocycles. The zero-order chi connectivity index (χ0) is 40.7. The van der Waals surface area contributed by atoms with Crippen LogP contribution >= 0.6 is 11.3 Å². The highest BCUT2D eigenvalue weighted by Crippen LogP contribution is 2.61. The Morgan fingerprint density at radius 1 is 0.452 bits per heavy atom. The molecule has 0 saturated heterocycles. The molecule has 0 radical (unpaired) electrons. The molecule has 2 aliphatic rings. The van der Waals surface area contributed by atoms with Crippen molar-refractivity contribution in [1.82, 2.24) is 19.5 Å². The second kappa shape index (κ2) is 12.4. The molecule has 4 heterocycles. The van der Waals surface area contributed by atoms with E-state index in [1.807, 2.05) is 17.4 Å². The maximum Gasteiger partial charge on any atom is 0.164 e. The Kier molecular flexibility index (Phi) is 6.81. The topological polar surface area (TPSA) is 43.6 Å². The van der Waals surface area contributed by atoms with Crippen molar-refractivity contribution in [2.75, 3.05) is 0 Å². The van der Waals surface area contributed by atoms with Crippen LogP contribution in [0, 0.1) is 0 Å². The number of aromatic nitrogens is 4. The fourth-order valence-corrected chi connectivity index (χ4v) is 12.0. The van der Waals surface area contributed by atoms with Gasteiger partial charge in [0.25, 0.3) is 0 Å². The van der Waals surface area contributed by atoms with Crippen molar-refractivity contribution in [2.45, 2.75) is 12.3 Å². The summed E-state index contributed by atoms with van der Waals surface area (Å²) in [6.45, 7) is 2.43. The molecule has 14 rings (SSSR count). The Hall–Kier alpha value is -7.73. The number of hydrogen-bond donors (Lipinski definition) is 0. The Morgan fingerprint density at radius 2 is 1.13 bits per heavy atom. The average molecular weight is 807 g/mol. The maximum absolute atomic E-state index is 5.59. The number of para-hydroxylation sites is 2. The van der Waals surface area contributed by atoms with E-state index in [1.54, 1.807) is 0 Å². The molecular formula is C57H34N4S. The van der Waals surface area contributed by atoms with Crippen molar-refractivity contribution in [1.29, 1.82) is 0 Å². The lowest BCUT2D eigenvalue weighted by Gasteiger charge is -2.30. The van der Waals surface area contributed by atoms with Gasteiger partial charge in [-0.25, -0.2) is 15.0 Å². The second-order valence-electron chi connectivity index (χ2n) is 16.8. The fraction of sp³-hybridized carbons (Fsp3) is 0.0351. The monoisotopic (exact) mass is 806 g/mol. The van der Waals surface area contributed by atoms with Crippen molar-refractivity contribution in [3.63, 3.8) is 0 Å².